The molecule has 1 aromatic heterocycles. The van der Waals surface area contributed by atoms with Gasteiger partial charge in [0.25, 0.3) is 0 Å². The molecule has 1 atom stereocenters. The molecule has 1 saturated heterocycles. The number of hydrogen-bond donors (Lipinski definition) is 1. The maximum absolute atomic E-state index is 11.2. The first-order chi connectivity index (χ1) is 11.2. The van der Waals surface area contributed by atoms with Gasteiger partial charge in [-0.05, 0) is 37.1 Å². The Morgan fingerprint density at radius 1 is 1.26 bits per heavy atom. The predicted octanol–water partition coefficient (Wildman–Crippen LogP) is 2.45. The van der Waals surface area contributed by atoms with Crippen molar-refractivity contribution in [2.75, 3.05) is 25.1 Å². The summed E-state index contributed by atoms with van der Waals surface area (Å²) in [5.41, 5.74) is 1.62. The summed E-state index contributed by atoms with van der Waals surface area (Å²) in [4.78, 5) is 13.2. The second-order valence-electron chi connectivity index (χ2n) is 5.60. The van der Waals surface area contributed by atoms with Crippen molar-refractivity contribution in [3.8, 4) is 17.0 Å². The predicted molar refractivity (Wildman–Crippen MR) is 86.6 cm³/mol. The van der Waals surface area contributed by atoms with Crippen LogP contribution in [0, 0.1) is 5.92 Å². The molecular weight excluding hydrogens is 294 g/mol. The smallest absolute Gasteiger partial charge is 0.308 e. The number of methoxy groups -OCH3 is 1. The van der Waals surface area contributed by atoms with E-state index >= 15 is 0 Å². The quantitative estimate of drug-likeness (QED) is 0.934. The van der Waals surface area contributed by atoms with Crippen LogP contribution in [-0.4, -0.2) is 41.5 Å². The van der Waals surface area contributed by atoms with Gasteiger partial charge in [-0.25, -0.2) is 0 Å². The number of ether oxygens (including phenoxy) is 1. The number of benzene rings is 1. The Morgan fingerprint density at radius 2 is 2.09 bits per heavy atom. The first-order valence-electron chi connectivity index (χ1n) is 7.64. The monoisotopic (exact) mass is 313 g/mol. The van der Waals surface area contributed by atoms with Crippen molar-refractivity contribution in [1.29, 1.82) is 0 Å². The van der Waals surface area contributed by atoms with E-state index < -0.39 is 5.97 Å². The van der Waals surface area contributed by atoms with E-state index in [9.17, 15) is 9.90 Å². The van der Waals surface area contributed by atoms with Crippen LogP contribution < -0.4 is 9.64 Å². The summed E-state index contributed by atoms with van der Waals surface area (Å²) in [5, 5.41) is 17.7. The molecule has 0 aliphatic carbocycles. The first-order valence-corrected chi connectivity index (χ1v) is 7.64. The summed E-state index contributed by atoms with van der Waals surface area (Å²) >= 11 is 0. The fraction of sp³-hybridized carbons (Fsp3) is 0.353. The van der Waals surface area contributed by atoms with Gasteiger partial charge < -0.3 is 14.7 Å². The highest BCUT2D eigenvalue weighted by Gasteiger charge is 2.26. The number of carboxylic acids is 1. The number of anilines is 1. The SMILES string of the molecule is COc1ccccc1-c1ccc(N2CCC[C@H](C(=O)O)C2)nn1. The van der Waals surface area contributed by atoms with E-state index in [1.54, 1.807) is 7.11 Å². The van der Waals surface area contributed by atoms with E-state index in [2.05, 4.69) is 10.2 Å². The van der Waals surface area contributed by atoms with Gasteiger partial charge in [0, 0.05) is 18.7 Å². The number of aromatic nitrogens is 2. The minimum atomic E-state index is -0.742. The molecule has 0 saturated carbocycles. The Hall–Kier alpha value is -2.63. The highest BCUT2D eigenvalue weighted by atomic mass is 16.5. The van der Waals surface area contributed by atoms with Gasteiger partial charge in [0.2, 0.25) is 0 Å². The van der Waals surface area contributed by atoms with Crippen LogP contribution in [0.1, 0.15) is 12.8 Å². The van der Waals surface area contributed by atoms with Gasteiger partial charge in [0.15, 0.2) is 5.82 Å². The summed E-state index contributed by atoms with van der Waals surface area (Å²) in [6, 6.07) is 11.4. The number of piperidine rings is 1. The largest absolute Gasteiger partial charge is 0.496 e. The summed E-state index contributed by atoms with van der Waals surface area (Å²) < 4.78 is 5.34. The third-order valence-electron chi connectivity index (χ3n) is 4.13. The molecule has 0 bridgehead atoms. The fourth-order valence-corrected chi connectivity index (χ4v) is 2.88. The maximum atomic E-state index is 11.2. The number of carboxylic acid groups (broad SMARTS) is 1. The summed E-state index contributed by atoms with van der Waals surface area (Å²) in [6.45, 7) is 1.30. The summed E-state index contributed by atoms with van der Waals surface area (Å²) in [7, 11) is 1.63. The Labute approximate surface area is 134 Å². The molecule has 1 N–H and O–H groups in total. The van der Waals surface area contributed by atoms with E-state index in [1.807, 2.05) is 41.3 Å². The standard InChI is InChI=1S/C17H19N3O3/c1-23-15-7-3-2-6-13(15)14-8-9-16(19-18-14)20-10-4-5-12(11-20)17(21)22/h2-3,6-9,12H,4-5,10-11H2,1H3,(H,21,22)/t12-/m0/s1. The average Bonchev–Trinajstić information content (AvgIpc) is 2.62. The molecule has 0 radical (unpaired) electrons. The minimum absolute atomic E-state index is 0.334. The first kappa shape index (κ1) is 15.3. The van der Waals surface area contributed by atoms with E-state index in [1.165, 1.54) is 0 Å². The Kier molecular flexibility index (Phi) is 4.41. The molecule has 2 aromatic rings. The van der Waals surface area contributed by atoms with Crippen LogP contribution in [-0.2, 0) is 4.79 Å². The highest BCUT2D eigenvalue weighted by Crippen LogP contribution is 2.29. The zero-order valence-electron chi connectivity index (χ0n) is 13.0. The molecule has 0 spiro atoms. The van der Waals surface area contributed by atoms with Crippen LogP contribution in [0.2, 0.25) is 0 Å². The van der Waals surface area contributed by atoms with Crippen LogP contribution in [0.5, 0.6) is 5.75 Å². The van der Waals surface area contributed by atoms with Crippen molar-refractivity contribution in [3.63, 3.8) is 0 Å². The summed E-state index contributed by atoms with van der Waals surface area (Å²) in [6.07, 6.45) is 1.57. The zero-order valence-corrected chi connectivity index (χ0v) is 13.0. The molecule has 1 aliphatic rings. The maximum Gasteiger partial charge on any atom is 0.308 e. The van der Waals surface area contributed by atoms with Gasteiger partial charge in [-0.1, -0.05) is 12.1 Å². The number of rotatable bonds is 4. The number of aliphatic carboxylic acids is 1. The molecule has 6 nitrogen and oxygen atoms in total. The number of nitrogens with zero attached hydrogens (tertiary/aromatic N) is 3. The van der Waals surface area contributed by atoms with Crippen LogP contribution in [0.3, 0.4) is 0 Å². The van der Waals surface area contributed by atoms with Gasteiger partial charge in [0.1, 0.15) is 5.75 Å². The zero-order chi connectivity index (χ0) is 16.2. The molecular formula is C17H19N3O3. The second-order valence-corrected chi connectivity index (χ2v) is 5.60. The Bertz CT molecular complexity index is 688. The Balaban J connectivity index is 1.81. The van der Waals surface area contributed by atoms with Crippen LogP contribution in [0.4, 0.5) is 5.82 Å². The molecule has 2 heterocycles. The molecule has 120 valence electrons. The third kappa shape index (κ3) is 3.26. The van der Waals surface area contributed by atoms with E-state index in [-0.39, 0.29) is 5.92 Å². The lowest BCUT2D eigenvalue weighted by Crippen LogP contribution is -2.39. The lowest BCUT2D eigenvalue weighted by Gasteiger charge is -2.31. The van der Waals surface area contributed by atoms with Gasteiger partial charge in [-0.15, -0.1) is 10.2 Å². The van der Waals surface area contributed by atoms with Crippen LogP contribution in [0.25, 0.3) is 11.3 Å². The highest BCUT2D eigenvalue weighted by molar-refractivity contribution is 5.71. The third-order valence-corrected chi connectivity index (χ3v) is 4.13. The van der Waals surface area contributed by atoms with E-state index in [4.69, 9.17) is 4.74 Å². The molecule has 23 heavy (non-hydrogen) atoms. The molecule has 1 fully saturated rings. The van der Waals surface area contributed by atoms with Crippen molar-refractivity contribution >= 4 is 11.8 Å². The lowest BCUT2D eigenvalue weighted by molar-refractivity contribution is -0.141. The molecule has 0 unspecified atom stereocenters. The lowest BCUT2D eigenvalue weighted by atomic mass is 9.98. The van der Waals surface area contributed by atoms with Crippen molar-refractivity contribution in [1.82, 2.24) is 10.2 Å². The van der Waals surface area contributed by atoms with Crippen molar-refractivity contribution in [3.05, 3.63) is 36.4 Å². The number of carbonyl (C=O) groups is 1. The molecule has 6 heteroatoms. The average molecular weight is 313 g/mol. The minimum Gasteiger partial charge on any atom is -0.496 e. The molecule has 3 rings (SSSR count). The Morgan fingerprint density at radius 3 is 2.78 bits per heavy atom. The molecule has 1 aromatic carbocycles. The van der Waals surface area contributed by atoms with Crippen molar-refractivity contribution in [2.24, 2.45) is 5.92 Å². The fourth-order valence-electron chi connectivity index (χ4n) is 2.88. The van der Waals surface area contributed by atoms with Gasteiger partial charge >= 0.3 is 5.97 Å². The number of hydrogen-bond acceptors (Lipinski definition) is 5. The number of para-hydroxylation sites is 1. The van der Waals surface area contributed by atoms with Crippen LogP contribution in [0.15, 0.2) is 36.4 Å². The summed E-state index contributed by atoms with van der Waals surface area (Å²) in [5.74, 6) is 0.390. The van der Waals surface area contributed by atoms with Crippen molar-refractivity contribution in [2.45, 2.75) is 12.8 Å². The van der Waals surface area contributed by atoms with Gasteiger partial charge in [-0.2, -0.15) is 0 Å². The molecule has 1 aliphatic heterocycles. The van der Waals surface area contributed by atoms with Gasteiger partial charge in [0.05, 0.1) is 18.7 Å². The van der Waals surface area contributed by atoms with Gasteiger partial charge in [-0.3, -0.25) is 4.79 Å². The normalized spacial score (nSPS) is 17.8. The van der Waals surface area contributed by atoms with E-state index in [0.29, 0.717) is 6.54 Å². The van der Waals surface area contributed by atoms with Crippen LogP contribution >= 0.6 is 0 Å². The topological polar surface area (TPSA) is 75.5 Å². The van der Waals surface area contributed by atoms with E-state index in [0.717, 1.165) is 42.2 Å². The van der Waals surface area contributed by atoms with Crippen molar-refractivity contribution < 1.29 is 14.6 Å². The molecule has 0 amide bonds. The second kappa shape index (κ2) is 6.64.